The second-order valence-corrected chi connectivity index (χ2v) is 7.93. The Morgan fingerprint density at radius 3 is 2.33 bits per heavy atom. The molecule has 1 aromatic heterocycles. The number of hydrogen-bond acceptors (Lipinski definition) is 4. The van der Waals surface area contributed by atoms with E-state index in [1.165, 1.54) is 16.8 Å². The Kier molecular flexibility index (Phi) is 7.02. The number of hydrogen-bond donors (Lipinski definition) is 1. The Labute approximate surface area is 190 Å². The lowest BCUT2D eigenvalue weighted by Crippen LogP contribution is -2.38. The van der Waals surface area contributed by atoms with Crippen LogP contribution in [0.5, 0.6) is 0 Å². The molecule has 0 aliphatic rings. The molecule has 0 unspecified atom stereocenters. The van der Waals surface area contributed by atoms with Crippen LogP contribution in [0.3, 0.4) is 0 Å². The maximum atomic E-state index is 13.1. The molecule has 1 heterocycles. The fourth-order valence-corrected chi connectivity index (χ4v) is 3.69. The quantitative estimate of drug-likeness (QED) is 0.428. The van der Waals surface area contributed by atoms with Gasteiger partial charge < -0.3 is 10.2 Å². The van der Waals surface area contributed by atoms with Crippen LogP contribution in [0.1, 0.15) is 38.9 Å². The van der Waals surface area contributed by atoms with Gasteiger partial charge in [0.15, 0.2) is 0 Å². The molecular formula is C24H25F3N4O2. The Hall–Kier alpha value is -3.46. The van der Waals surface area contributed by atoms with Gasteiger partial charge in [0.25, 0.3) is 11.7 Å². The Morgan fingerprint density at radius 2 is 1.73 bits per heavy atom. The Balaban J connectivity index is 1.82. The number of Topliss-reactive ketones (excluding diaryl/α,β-unsaturated/α-hetero) is 1. The van der Waals surface area contributed by atoms with E-state index >= 15 is 0 Å². The van der Waals surface area contributed by atoms with Gasteiger partial charge in [0.1, 0.15) is 0 Å². The minimum absolute atomic E-state index is 0.0750. The van der Waals surface area contributed by atoms with Crippen molar-refractivity contribution in [3.05, 3.63) is 82.7 Å². The van der Waals surface area contributed by atoms with Crippen LogP contribution in [0.15, 0.2) is 54.6 Å². The van der Waals surface area contributed by atoms with Gasteiger partial charge in [-0.25, -0.2) is 4.68 Å². The van der Waals surface area contributed by atoms with Crippen molar-refractivity contribution in [3.63, 3.8) is 0 Å². The first-order chi connectivity index (χ1) is 15.5. The van der Waals surface area contributed by atoms with E-state index in [1.54, 1.807) is 13.8 Å². The topological polar surface area (TPSA) is 67.2 Å². The van der Waals surface area contributed by atoms with Gasteiger partial charge in [0, 0.05) is 6.54 Å². The van der Waals surface area contributed by atoms with E-state index in [4.69, 9.17) is 0 Å². The molecule has 6 nitrogen and oxygen atoms in total. The highest BCUT2D eigenvalue weighted by Crippen LogP contribution is 2.31. The van der Waals surface area contributed by atoms with Crippen molar-refractivity contribution in [2.75, 3.05) is 20.6 Å². The second-order valence-electron chi connectivity index (χ2n) is 7.93. The van der Waals surface area contributed by atoms with Crippen molar-refractivity contribution in [2.24, 2.45) is 0 Å². The van der Waals surface area contributed by atoms with Crippen LogP contribution in [-0.2, 0) is 11.0 Å². The summed E-state index contributed by atoms with van der Waals surface area (Å²) in [5, 5.41) is 6.90. The molecule has 1 atom stereocenters. The summed E-state index contributed by atoms with van der Waals surface area (Å²) in [6, 6.07) is 14.1. The zero-order valence-corrected chi connectivity index (χ0v) is 18.8. The van der Waals surface area contributed by atoms with Crippen LogP contribution in [0, 0.1) is 13.8 Å². The summed E-state index contributed by atoms with van der Waals surface area (Å²) in [5.41, 5.74) is 0.943. The fraction of sp³-hybridized carbons (Fsp3) is 0.292. The lowest BCUT2D eigenvalue weighted by Gasteiger charge is -2.25. The van der Waals surface area contributed by atoms with Crippen molar-refractivity contribution < 1.29 is 22.8 Å². The molecule has 2 aromatic carbocycles. The van der Waals surface area contributed by atoms with Crippen LogP contribution in [0.4, 0.5) is 13.2 Å². The lowest BCUT2D eigenvalue weighted by molar-refractivity contribution is -0.137. The molecule has 33 heavy (non-hydrogen) atoms. The van der Waals surface area contributed by atoms with Crippen molar-refractivity contribution in [1.82, 2.24) is 20.0 Å². The predicted molar refractivity (Wildman–Crippen MR) is 118 cm³/mol. The van der Waals surface area contributed by atoms with Crippen molar-refractivity contribution in [3.8, 4) is 5.69 Å². The number of benzene rings is 2. The SMILES string of the molecule is Cc1nn(-c2cccc(C(F)(F)F)c2)c(C)c1C(=O)C(=O)NC[C@@H](c1ccccc1)N(C)C. The first kappa shape index (κ1) is 24.2. The van der Waals surface area contributed by atoms with E-state index in [2.05, 4.69) is 10.4 Å². The lowest BCUT2D eigenvalue weighted by atomic mass is 10.1. The number of aryl methyl sites for hydroxylation is 1. The molecule has 0 radical (unpaired) electrons. The zero-order valence-electron chi connectivity index (χ0n) is 18.8. The number of carbonyl (C=O) groups is 2. The van der Waals surface area contributed by atoms with Gasteiger partial charge >= 0.3 is 6.18 Å². The largest absolute Gasteiger partial charge is 0.416 e. The fourth-order valence-electron chi connectivity index (χ4n) is 3.69. The number of nitrogens with one attached hydrogen (secondary N) is 1. The molecule has 0 fully saturated rings. The highest BCUT2D eigenvalue weighted by atomic mass is 19.4. The van der Waals surface area contributed by atoms with E-state index < -0.39 is 23.4 Å². The average molecular weight is 458 g/mol. The molecule has 0 aliphatic carbocycles. The predicted octanol–water partition coefficient (Wildman–Crippen LogP) is 4.11. The molecule has 0 saturated heterocycles. The number of alkyl halides is 3. The smallest absolute Gasteiger partial charge is 0.347 e. The van der Waals surface area contributed by atoms with Crippen LogP contribution >= 0.6 is 0 Å². The molecular weight excluding hydrogens is 433 g/mol. The van der Waals surface area contributed by atoms with E-state index in [-0.39, 0.29) is 29.5 Å². The monoisotopic (exact) mass is 458 g/mol. The van der Waals surface area contributed by atoms with Crippen LogP contribution in [0.25, 0.3) is 5.69 Å². The Bertz CT molecular complexity index is 1150. The number of ketones is 1. The summed E-state index contributed by atoms with van der Waals surface area (Å²) < 4.78 is 40.5. The molecule has 0 aliphatic heterocycles. The second kappa shape index (κ2) is 9.58. The summed E-state index contributed by atoms with van der Waals surface area (Å²) in [7, 11) is 3.75. The zero-order chi connectivity index (χ0) is 24.3. The number of amides is 1. The van der Waals surface area contributed by atoms with Crippen LogP contribution in [0.2, 0.25) is 0 Å². The Morgan fingerprint density at radius 1 is 1.06 bits per heavy atom. The third kappa shape index (κ3) is 5.31. The number of carbonyl (C=O) groups excluding carboxylic acids is 2. The molecule has 0 saturated carbocycles. The minimum Gasteiger partial charge on any atom is -0.347 e. The van der Waals surface area contributed by atoms with E-state index in [1.807, 2.05) is 49.3 Å². The maximum absolute atomic E-state index is 13.1. The van der Waals surface area contributed by atoms with Gasteiger partial charge in [0.05, 0.1) is 34.2 Å². The molecule has 1 amide bonds. The number of aromatic nitrogens is 2. The standard InChI is InChI=1S/C24H25F3N4O2/c1-15-21(16(2)31(29-15)19-12-8-11-18(13-19)24(25,26)27)22(32)23(33)28-14-20(30(3)4)17-9-6-5-7-10-17/h5-13,20H,14H2,1-4H3,(H,28,33)/t20-/m0/s1. The number of likely N-dealkylation sites (N-methyl/N-ethyl adjacent to an activating group) is 1. The van der Waals surface area contributed by atoms with Gasteiger partial charge in [-0.1, -0.05) is 36.4 Å². The van der Waals surface area contributed by atoms with Crippen molar-refractivity contribution >= 4 is 11.7 Å². The third-order valence-corrected chi connectivity index (χ3v) is 5.41. The normalized spacial score (nSPS) is 12.6. The summed E-state index contributed by atoms with van der Waals surface area (Å²) in [6.45, 7) is 3.30. The highest BCUT2D eigenvalue weighted by Gasteiger charge is 2.31. The van der Waals surface area contributed by atoms with Crippen molar-refractivity contribution in [1.29, 1.82) is 0 Å². The molecule has 3 aromatic rings. The summed E-state index contributed by atoms with van der Waals surface area (Å²) in [6.07, 6.45) is -4.51. The third-order valence-electron chi connectivity index (χ3n) is 5.41. The number of nitrogens with zero attached hydrogens (tertiary/aromatic N) is 3. The number of rotatable bonds is 7. The minimum atomic E-state index is -4.51. The summed E-state index contributed by atoms with van der Waals surface area (Å²) >= 11 is 0. The molecule has 3 rings (SSSR count). The maximum Gasteiger partial charge on any atom is 0.416 e. The van der Waals surface area contributed by atoms with Crippen LogP contribution in [-0.4, -0.2) is 47.0 Å². The molecule has 0 bridgehead atoms. The van der Waals surface area contributed by atoms with E-state index in [9.17, 15) is 22.8 Å². The van der Waals surface area contributed by atoms with Crippen LogP contribution < -0.4 is 5.32 Å². The first-order valence-corrected chi connectivity index (χ1v) is 10.3. The van der Waals surface area contributed by atoms with Crippen molar-refractivity contribution in [2.45, 2.75) is 26.1 Å². The average Bonchev–Trinajstić information content (AvgIpc) is 3.07. The first-order valence-electron chi connectivity index (χ1n) is 10.3. The van der Waals surface area contributed by atoms with E-state index in [0.29, 0.717) is 5.69 Å². The summed E-state index contributed by atoms with van der Waals surface area (Å²) in [5.74, 6) is -1.58. The van der Waals surface area contributed by atoms with E-state index in [0.717, 1.165) is 17.7 Å². The van der Waals surface area contributed by atoms with Gasteiger partial charge in [-0.3, -0.25) is 9.59 Å². The molecule has 1 N–H and O–H groups in total. The summed E-state index contributed by atoms with van der Waals surface area (Å²) in [4.78, 5) is 27.5. The van der Waals surface area contributed by atoms with Gasteiger partial charge in [-0.2, -0.15) is 18.3 Å². The molecule has 174 valence electrons. The molecule has 9 heteroatoms. The van der Waals surface area contributed by atoms with Gasteiger partial charge in [-0.05, 0) is 51.7 Å². The highest BCUT2D eigenvalue weighted by molar-refractivity contribution is 6.43. The number of halogens is 3. The van der Waals surface area contributed by atoms with Gasteiger partial charge in [0.2, 0.25) is 0 Å². The van der Waals surface area contributed by atoms with Gasteiger partial charge in [-0.15, -0.1) is 0 Å². The molecule has 0 spiro atoms.